The van der Waals surface area contributed by atoms with Gasteiger partial charge < -0.3 is 19.7 Å². The highest BCUT2D eigenvalue weighted by atomic mass is 35.5. The van der Waals surface area contributed by atoms with Crippen molar-refractivity contribution < 1.29 is 27.5 Å². The van der Waals surface area contributed by atoms with Gasteiger partial charge in [0.05, 0.1) is 24.8 Å². The summed E-state index contributed by atoms with van der Waals surface area (Å²) in [6, 6.07) is 16.4. The van der Waals surface area contributed by atoms with Crippen molar-refractivity contribution in [2.75, 3.05) is 25.1 Å². The molecule has 0 radical (unpaired) electrons. The summed E-state index contributed by atoms with van der Waals surface area (Å²) < 4.78 is 39.8. The van der Waals surface area contributed by atoms with Crippen LogP contribution >= 0.6 is 23.2 Å². The number of anilines is 1. The summed E-state index contributed by atoms with van der Waals surface area (Å²) in [6.45, 7) is 1.14. The third-order valence-electron chi connectivity index (χ3n) is 7.47. The fraction of sp³-hybridized carbons (Fsp3) is 0.355. The quantitative estimate of drug-likeness (QED) is 0.271. The summed E-state index contributed by atoms with van der Waals surface area (Å²) in [7, 11) is -1.45. The second-order valence-corrected chi connectivity index (χ2v) is 13.1. The maximum absolute atomic E-state index is 14.1. The fourth-order valence-corrected chi connectivity index (χ4v) is 6.68. The van der Waals surface area contributed by atoms with Gasteiger partial charge >= 0.3 is 0 Å². The van der Waals surface area contributed by atoms with Crippen LogP contribution in [0.1, 0.15) is 38.2 Å². The Morgan fingerprint density at radius 1 is 0.907 bits per heavy atom. The molecule has 0 spiro atoms. The molecule has 0 heterocycles. The van der Waals surface area contributed by atoms with Crippen molar-refractivity contribution in [3.05, 3.63) is 82.3 Å². The van der Waals surface area contributed by atoms with E-state index in [9.17, 15) is 18.0 Å². The smallest absolute Gasteiger partial charge is 0.264 e. The van der Waals surface area contributed by atoms with Crippen LogP contribution in [0.2, 0.25) is 10.0 Å². The first-order chi connectivity index (χ1) is 20.5. The standard InChI is InChI=1S/C31H35Cl2N3O6S/c1-21(31(38)34-25-6-4-5-7-25)35(19-22-8-10-23(32)11-9-22)30(37)20-36(26-14-12-24(33)13-15-26)43(39,40)27-16-17-28(41-2)29(18-27)42-3/h8-18,21,25H,4-7,19-20H2,1-3H3,(H,34,38)/t21-/m0/s1. The van der Waals surface area contributed by atoms with E-state index in [2.05, 4.69) is 5.32 Å². The Morgan fingerprint density at radius 3 is 2.07 bits per heavy atom. The molecule has 0 bridgehead atoms. The molecule has 1 saturated carbocycles. The van der Waals surface area contributed by atoms with E-state index in [0.717, 1.165) is 35.6 Å². The lowest BCUT2D eigenvalue weighted by Gasteiger charge is -2.32. The van der Waals surface area contributed by atoms with E-state index in [1.54, 1.807) is 43.3 Å². The highest BCUT2D eigenvalue weighted by Crippen LogP contribution is 2.33. The lowest BCUT2D eigenvalue weighted by Crippen LogP contribution is -2.52. The molecular weight excluding hydrogens is 613 g/mol. The minimum atomic E-state index is -4.31. The Balaban J connectivity index is 1.71. The fourth-order valence-electron chi connectivity index (χ4n) is 5.00. The van der Waals surface area contributed by atoms with E-state index in [-0.39, 0.29) is 34.8 Å². The number of hydrogen-bond acceptors (Lipinski definition) is 6. The minimum absolute atomic E-state index is 0.0541. The van der Waals surface area contributed by atoms with Gasteiger partial charge in [-0.15, -0.1) is 0 Å². The monoisotopic (exact) mass is 647 g/mol. The Kier molecular flexibility index (Phi) is 10.8. The largest absolute Gasteiger partial charge is 0.493 e. The third-order valence-corrected chi connectivity index (χ3v) is 9.75. The molecule has 43 heavy (non-hydrogen) atoms. The molecule has 1 aliphatic rings. The molecule has 1 atom stereocenters. The lowest BCUT2D eigenvalue weighted by molar-refractivity contribution is -0.139. The number of halogens is 2. The number of sulfonamides is 1. The number of benzene rings is 3. The van der Waals surface area contributed by atoms with Gasteiger partial charge in [0, 0.05) is 28.7 Å². The zero-order valence-corrected chi connectivity index (χ0v) is 26.6. The van der Waals surface area contributed by atoms with Crippen LogP contribution in [-0.4, -0.2) is 58.0 Å². The maximum Gasteiger partial charge on any atom is 0.264 e. The van der Waals surface area contributed by atoms with Crippen LogP contribution in [0, 0.1) is 0 Å². The van der Waals surface area contributed by atoms with Crippen molar-refractivity contribution in [2.45, 2.75) is 56.1 Å². The summed E-state index contributed by atoms with van der Waals surface area (Å²) in [5.74, 6) is -0.294. The van der Waals surface area contributed by atoms with Gasteiger partial charge in [0.1, 0.15) is 12.6 Å². The average Bonchev–Trinajstić information content (AvgIpc) is 3.52. The summed E-state index contributed by atoms with van der Waals surface area (Å²) >= 11 is 12.2. The molecule has 1 fully saturated rings. The minimum Gasteiger partial charge on any atom is -0.493 e. The Morgan fingerprint density at radius 2 is 1.49 bits per heavy atom. The molecule has 4 rings (SSSR count). The highest BCUT2D eigenvalue weighted by Gasteiger charge is 2.33. The Bertz CT molecular complexity index is 1530. The van der Waals surface area contributed by atoms with Crippen molar-refractivity contribution in [1.82, 2.24) is 10.2 Å². The van der Waals surface area contributed by atoms with E-state index >= 15 is 0 Å². The third kappa shape index (κ3) is 7.93. The topological polar surface area (TPSA) is 105 Å². The van der Waals surface area contributed by atoms with E-state index in [1.165, 1.54) is 49.5 Å². The molecule has 0 unspecified atom stereocenters. The van der Waals surface area contributed by atoms with Crippen molar-refractivity contribution in [3.63, 3.8) is 0 Å². The molecular formula is C31H35Cl2N3O6S. The molecule has 3 aromatic carbocycles. The highest BCUT2D eigenvalue weighted by molar-refractivity contribution is 7.92. The van der Waals surface area contributed by atoms with Crippen LogP contribution < -0.4 is 19.1 Å². The van der Waals surface area contributed by atoms with Gasteiger partial charge in [-0.2, -0.15) is 0 Å². The van der Waals surface area contributed by atoms with Crippen molar-refractivity contribution >= 4 is 50.7 Å². The van der Waals surface area contributed by atoms with Gasteiger partial charge in [0.15, 0.2) is 11.5 Å². The van der Waals surface area contributed by atoms with Gasteiger partial charge in [-0.25, -0.2) is 8.42 Å². The second kappa shape index (κ2) is 14.3. The van der Waals surface area contributed by atoms with Crippen LogP contribution in [0.5, 0.6) is 11.5 Å². The lowest BCUT2D eigenvalue weighted by atomic mass is 10.1. The van der Waals surface area contributed by atoms with Gasteiger partial charge in [0.25, 0.3) is 10.0 Å². The second-order valence-electron chi connectivity index (χ2n) is 10.3. The van der Waals surface area contributed by atoms with E-state index in [4.69, 9.17) is 32.7 Å². The van der Waals surface area contributed by atoms with Crippen LogP contribution in [-0.2, 0) is 26.2 Å². The van der Waals surface area contributed by atoms with E-state index in [0.29, 0.717) is 15.8 Å². The Hall–Kier alpha value is -3.47. The molecule has 1 aliphatic carbocycles. The number of amides is 2. The summed E-state index contributed by atoms with van der Waals surface area (Å²) in [4.78, 5) is 28.7. The molecule has 230 valence electrons. The number of rotatable bonds is 12. The maximum atomic E-state index is 14.1. The van der Waals surface area contributed by atoms with Gasteiger partial charge in [-0.3, -0.25) is 13.9 Å². The number of carbonyl (C=O) groups excluding carboxylic acids is 2. The normalized spacial score (nSPS) is 14.2. The summed E-state index contributed by atoms with van der Waals surface area (Å²) in [5.41, 5.74) is 0.959. The van der Waals surface area contributed by atoms with Crippen molar-refractivity contribution in [1.29, 1.82) is 0 Å². The first-order valence-corrected chi connectivity index (χ1v) is 16.1. The summed E-state index contributed by atoms with van der Waals surface area (Å²) in [6.07, 6.45) is 3.85. The molecule has 9 nitrogen and oxygen atoms in total. The van der Waals surface area contributed by atoms with Crippen molar-refractivity contribution in [3.8, 4) is 11.5 Å². The van der Waals surface area contributed by atoms with Gasteiger partial charge in [0.2, 0.25) is 11.8 Å². The molecule has 2 amide bonds. The van der Waals surface area contributed by atoms with Crippen LogP contribution in [0.4, 0.5) is 5.69 Å². The number of nitrogens with one attached hydrogen (secondary N) is 1. The molecule has 3 aromatic rings. The molecule has 0 aliphatic heterocycles. The summed E-state index contributed by atoms with van der Waals surface area (Å²) in [5, 5.41) is 3.99. The molecule has 0 aromatic heterocycles. The van der Waals surface area contributed by atoms with Crippen LogP contribution in [0.25, 0.3) is 0 Å². The van der Waals surface area contributed by atoms with Crippen LogP contribution in [0.15, 0.2) is 71.6 Å². The van der Waals surface area contributed by atoms with Crippen molar-refractivity contribution in [2.24, 2.45) is 0 Å². The van der Waals surface area contributed by atoms with Crippen LogP contribution in [0.3, 0.4) is 0 Å². The SMILES string of the molecule is COc1ccc(S(=O)(=O)N(CC(=O)N(Cc2ccc(Cl)cc2)[C@@H](C)C(=O)NC2CCCC2)c2ccc(Cl)cc2)cc1OC. The molecule has 0 saturated heterocycles. The molecule has 1 N–H and O–H groups in total. The number of carbonyl (C=O) groups is 2. The number of ether oxygens (including phenoxy) is 2. The van der Waals surface area contributed by atoms with Gasteiger partial charge in [-0.05, 0) is 73.9 Å². The number of nitrogens with zero attached hydrogens (tertiary/aromatic N) is 2. The molecule has 12 heteroatoms. The first kappa shape index (κ1) is 32.4. The van der Waals surface area contributed by atoms with E-state index in [1.807, 2.05) is 0 Å². The zero-order valence-electron chi connectivity index (χ0n) is 24.3. The predicted octanol–water partition coefficient (Wildman–Crippen LogP) is 5.68. The Labute approximate surface area is 262 Å². The first-order valence-electron chi connectivity index (χ1n) is 13.9. The van der Waals surface area contributed by atoms with Gasteiger partial charge in [-0.1, -0.05) is 48.2 Å². The predicted molar refractivity (Wildman–Crippen MR) is 167 cm³/mol. The number of hydrogen-bond donors (Lipinski definition) is 1. The zero-order chi connectivity index (χ0) is 31.1. The number of methoxy groups -OCH3 is 2. The van der Waals surface area contributed by atoms with E-state index < -0.39 is 28.5 Å². The average molecular weight is 649 g/mol.